The molecule has 4 heteroatoms. The van der Waals surface area contributed by atoms with Gasteiger partial charge >= 0.3 is 0 Å². The highest BCUT2D eigenvalue weighted by atomic mass is 19.2. The zero-order valence-electron chi connectivity index (χ0n) is 10.3. The smallest absolute Gasteiger partial charge is 0.198 e. The molecule has 0 saturated carbocycles. The fourth-order valence-electron chi connectivity index (χ4n) is 2.11. The number of fused-ring (bicyclic) bond motifs is 1. The van der Waals surface area contributed by atoms with Crippen LogP contribution in [0.1, 0.15) is 15.9 Å². The third-order valence-electron chi connectivity index (χ3n) is 3.07. The summed E-state index contributed by atoms with van der Waals surface area (Å²) in [4.78, 5) is 16.5. The molecule has 0 aliphatic carbocycles. The van der Waals surface area contributed by atoms with Crippen molar-refractivity contribution in [2.24, 2.45) is 0 Å². The summed E-state index contributed by atoms with van der Waals surface area (Å²) < 4.78 is 26.9. The topological polar surface area (TPSA) is 30.0 Å². The number of hydrogen-bond acceptors (Lipinski definition) is 2. The standard InChI is InChI=1S/C16H9F2NO/c17-13-8-2-6-11(14(13)18)16(20)12-7-1-4-10-5-3-9-19-15(10)12/h1-9H. The van der Waals surface area contributed by atoms with E-state index in [4.69, 9.17) is 0 Å². The first-order chi connectivity index (χ1) is 9.68. The molecule has 1 heterocycles. The largest absolute Gasteiger partial charge is 0.288 e. The van der Waals surface area contributed by atoms with E-state index < -0.39 is 17.4 Å². The SMILES string of the molecule is O=C(c1cccc(F)c1F)c1cccc2cccnc12. The van der Waals surface area contributed by atoms with Gasteiger partial charge in [0.15, 0.2) is 17.4 Å². The summed E-state index contributed by atoms with van der Waals surface area (Å²) >= 11 is 0. The maximum atomic E-state index is 13.7. The van der Waals surface area contributed by atoms with Crippen molar-refractivity contribution in [2.45, 2.75) is 0 Å². The molecule has 0 aliphatic rings. The molecule has 0 unspecified atom stereocenters. The second-order valence-corrected chi connectivity index (χ2v) is 4.31. The Bertz CT molecular complexity index is 809. The van der Waals surface area contributed by atoms with Gasteiger partial charge in [0.25, 0.3) is 0 Å². The van der Waals surface area contributed by atoms with E-state index in [0.717, 1.165) is 11.5 Å². The number of rotatable bonds is 2. The van der Waals surface area contributed by atoms with Gasteiger partial charge in [-0.1, -0.05) is 24.3 Å². The lowest BCUT2D eigenvalue weighted by Gasteiger charge is -2.06. The van der Waals surface area contributed by atoms with Gasteiger partial charge in [-0.25, -0.2) is 8.78 Å². The third kappa shape index (κ3) is 1.95. The number of ketones is 1. The van der Waals surface area contributed by atoms with Crippen molar-refractivity contribution in [2.75, 3.05) is 0 Å². The molecule has 0 bridgehead atoms. The lowest BCUT2D eigenvalue weighted by Crippen LogP contribution is -2.07. The Kier molecular flexibility index (Phi) is 2.99. The minimum atomic E-state index is -1.13. The molecule has 0 saturated heterocycles. The highest BCUT2D eigenvalue weighted by molar-refractivity contribution is 6.15. The average Bonchev–Trinajstić information content (AvgIpc) is 2.49. The van der Waals surface area contributed by atoms with Crippen LogP contribution >= 0.6 is 0 Å². The van der Waals surface area contributed by atoms with Crippen molar-refractivity contribution in [1.82, 2.24) is 4.98 Å². The third-order valence-corrected chi connectivity index (χ3v) is 3.07. The van der Waals surface area contributed by atoms with E-state index in [1.54, 1.807) is 36.5 Å². The van der Waals surface area contributed by atoms with Crippen LogP contribution in [-0.4, -0.2) is 10.8 Å². The van der Waals surface area contributed by atoms with E-state index in [0.29, 0.717) is 5.52 Å². The Morgan fingerprint density at radius 2 is 1.60 bits per heavy atom. The second kappa shape index (κ2) is 4.81. The van der Waals surface area contributed by atoms with E-state index in [-0.39, 0.29) is 11.1 Å². The summed E-state index contributed by atoms with van der Waals surface area (Å²) in [6.45, 7) is 0. The summed E-state index contributed by atoms with van der Waals surface area (Å²) in [5.41, 5.74) is 0.444. The first-order valence-electron chi connectivity index (χ1n) is 6.01. The predicted octanol–water partition coefficient (Wildman–Crippen LogP) is 3.74. The molecular weight excluding hydrogens is 260 g/mol. The first-order valence-corrected chi connectivity index (χ1v) is 6.01. The molecule has 98 valence electrons. The normalized spacial score (nSPS) is 10.7. The monoisotopic (exact) mass is 269 g/mol. The molecule has 0 radical (unpaired) electrons. The van der Waals surface area contributed by atoms with E-state index >= 15 is 0 Å². The number of carbonyl (C=O) groups excluding carboxylic acids is 1. The number of aromatic nitrogens is 1. The quantitative estimate of drug-likeness (QED) is 0.663. The maximum absolute atomic E-state index is 13.7. The van der Waals surface area contributed by atoms with Gasteiger partial charge in [0.05, 0.1) is 11.1 Å². The van der Waals surface area contributed by atoms with E-state index in [1.807, 2.05) is 0 Å². The highest BCUT2D eigenvalue weighted by Crippen LogP contribution is 2.21. The van der Waals surface area contributed by atoms with Crippen LogP contribution in [0.5, 0.6) is 0 Å². The summed E-state index contributed by atoms with van der Waals surface area (Å²) in [5, 5.41) is 0.773. The van der Waals surface area contributed by atoms with Gasteiger partial charge in [-0.15, -0.1) is 0 Å². The molecule has 0 aliphatic heterocycles. The number of hydrogen-bond donors (Lipinski definition) is 0. The van der Waals surface area contributed by atoms with Crippen LogP contribution < -0.4 is 0 Å². The lowest BCUT2D eigenvalue weighted by atomic mass is 10.00. The molecule has 20 heavy (non-hydrogen) atoms. The molecular formula is C16H9F2NO. The molecule has 2 aromatic carbocycles. The summed E-state index contributed by atoms with van der Waals surface area (Å²) in [5.74, 6) is -2.75. The van der Waals surface area contributed by atoms with Crippen molar-refractivity contribution in [3.8, 4) is 0 Å². The van der Waals surface area contributed by atoms with E-state index in [1.165, 1.54) is 12.1 Å². The highest BCUT2D eigenvalue weighted by Gasteiger charge is 2.18. The van der Waals surface area contributed by atoms with Crippen molar-refractivity contribution >= 4 is 16.7 Å². The maximum Gasteiger partial charge on any atom is 0.198 e. The Morgan fingerprint density at radius 1 is 0.900 bits per heavy atom. The molecule has 2 nitrogen and oxygen atoms in total. The number of benzene rings is 2. The summed E-state index contributed by atoms with van der Waals surface area (Å²) in [6.07, 6.45) is 1.56. The van der Waals surface area contributed by atoms with Gasteiger partial charge in [0, 0.05) is 17.1 Å². The van der Waals surface area contributed by atoms with Crippen LogP contribution in [0.4, 0.5) is 8.78 Å². The second-order valence-electron chi connectivity index (χ2n) is 4.31. The predicted molar refractivity (Wildman–Crippen MR) is 71.5 cm³/mol. The van der Waals surface area contributed by atoms with Gasteiger partial charge in [0.2, 0.25) is 0 Å². The van der Waals surface area contributed by atoms with Gasteiger partial charge < -0.3 is 0 Å². The Morgan fingerprint density at radius 3 is 2.45 bits per heavy atom. The van der Waals surface area contributed by atoms with Crippen LogP contribution in [-0.2, 0) is 0 Å². The van der Waals surface area contributed by atoms with Crippen molar-refractivity contribution in [1.29, 1.82) is 0 Å². The number of para-hydroxylation sites is 1. The number of carbonyl (C=O) groups is 1. The Labute approximate surface area is 113 Å². The van der Waals surface area contributed by atoms with Gasteiger partial charge in [-0.2, -0.15) is 0 Å². The van der Waals surface area contributed by atoms with Gasteiger partial charge in [0.1, 0.15) is 0 Å². The summed E-state index contributed by atoms with van der Waals surface area (Å²) in [6, 6.07) is 12.2. The molecule has 0 fully saturated rings. The van der Waals surface area contributed by atoms with Crippen LogP contribution in [0.2, 0.25) is 0 Å². The Hall–Kier alpha value is -2.62. The molecule has 0 amide bonds. The van der Waals surface area contributed by atoms with Crippen LogP contribution in [0, 0.1) is 11.6 Å². The molecule has 1 aromatic heterocycles. The molecule has 3 rings (SSSR count). The van der Waals surface area contributed by atoms with Crippen molar-refractivity contribution in [3.05, 3.63) is 77.5 Å². The van der Waals surface area contributed by atoms with Gasteiger partial charge in [-0.05, 0) is 24.3 Å². The van der Waals surface area contributed by atoms with Crippen molar-refractivity contribution < 1.29 is 13.6 Å². The van der Waals surface area contributed by atoms with Crippen molar-refractivity contribution in [3.63, 3.8) is 0 Å². The Balaban J connectivity index is 2.21. The molecule has 0 spiro atoms. The fraction of sp³-hybridized carbons (Fsp3) is 0. The van der Waals surface area contributed by atoms with Crippen LogP contribution in [0.3, 0.4) is 0 Å². The number of pyridine rings is 1. The zero-order chi connectivity index (χ0) is 14.1. The summed E-state index contributed by atoms with van der Waals surface area (Å²) in [7, 11) is 0. The van der Waals surface area contributed by atoms with E-state index in [9.17, 15) is 13.6 Å². The molecule has 0 N–H and O–H groups in total. The first kappa shape index (κ1) is 12.4. The lowest BCUT2D eigenvalue weighted by molar-refractivity contribution is 0.103. The molecule has 3 aromatic rings. The number of nitrogens with zero attached hydrogens (tertiary/aromatic N) is 1. The van der Waals surface area contributed by atoms with Crippen LogP contribution in [0.15, 0.2) is 54.7 Å². The average molecular weight is 269 g/mol. The van der Waals surface area contributed by atoms with Crippen LogP contribution in [0.25, 0.3) is 10.9 Å². The fourth-order valence-corrected chi connectivity index (χ4v) is 2.11. The minimum absolute atomic E-state index is 0.257. The number of halogens is 2. The minimum Gasteiger partial charge on any atom is -0.288 e. The molecule has 0 atom stereocenters. The van der Waals surface area contributed by atoms with Gasteiger partial charge in [-0.3, -0.25) is 9.78 Å². The van der Waals surface area contributed by atoms with E-state index in [2.05, 4.69) is 4.98 Å². The zero-order valence-corrected chi connectivity index (χ0v) is 10.3.